The van der Waals surface area contributed by atoms with Crippen molar-refractivity contribution in [3.05, 3.63) is 58.4 Å². The van der Waals surface area contributed by atoms with Gasteiger partial charge in [0.05, 0.1) is 5.69 Å². The van der Waals surface area contributed by atoms with Crippen LogP contribution in [-0.4, -0.2) is 20.3 Å². The minimum Gasteiger partial charge on any atom is -0.341 e. The van der Waals surface area contributed by atoms with Crippen molar-refractivity contribution in [1.29, 1.82) is 5.26 Å². The van der Waals surface area contributed by atoms with E-state index in [1.165, 1.54) is 18.4 Å². The molecule has 6 heteroatoms. The van der Waals surface area contributed by atoms with Gasteiger partial charge in [-0.05, 0) is 43.9 Å². The maximum atomic E-state index is 12.5. The van der Waals surface area contributed by atoms with Crippen LogP contribution in [0.3, 0.4) is 0 Å². The lowest BCUT2D eigenvalue weighted by Crippen LogP contribution is -2.15. The summed E-state index contributed by atoms with van der Waals surface area (Å²) in [5.41, 5.74) is 3.29. The Balaban J connectivity index is 1.69. The summed E-state index contributed by atoms with van der Waals surface area (Å²) in [5, 5.41) is 12.4. The van der Waals surface area contributed by atoms with Crippen molar-refractivity contribution in [1.82, 2.24) is 14.5 Å². The molecule has 4 aromatic rings. The van der Waals surface area contributed by atoms with Gasteiger partial charge in [0, 0.05) is 39.7 Å². The van der Waals surface area contributed by atoms with Gasteiger partial charge in [0.2, 0.25) is 0 Å². The van der Waals surface area contributed by atoms with Crippen LogP contribution in [0.1, 0.15) is 25.3 Å². The summed E-state index contributed by atoms with van der Waals surface area (Å²) in [6.45, 7) is 3.01. The predicted octanol–water partition coefficient (Wildman–Crippen LogP) is 4.94. The molecule has 0 bridgehead atoms. The van der Waals surface area contributed by atoms with Gasteiger partial charge in [0.15, 0.2) is 5.16 Å². The second-order valence-electron chi connectivity index (χ2n) is 7.45. The third kappa shape index (κ3) is 3.12. The van der Waals surface area contributed by atoms with E-state index in [0.29, 0.717) is 10.9 Å². The quantitative estimate of drug-likeness (QED) is 0.380. The fraction of sp³-hybridized carbons (Fsp3) is 0.261. The summed E-state index contributed by atoms with van der Waals surface area (Å²) in [7, 11) is 0. The van der Waals surface area contributed by atoms with Crippen molar-refractivity contribution in [3.63, 3.8) is 0 Å². The first-order chi connectivity index (χ1) is 14.2. The lowest BCUT2D eigenvalue weighted by atomic mass is 10.0. The van der Waals surface area contributed by atoms with E-state index in [2.05, 4.69) is 45.7 Å². The molecule has 0 aliphatic heterocycles. The van der Waals surface area contributed by atoms with E-state index >= 15 is 0 Å². The zero-order valence-electron chi connectivity index (χ0n) is 16.1. The van der Waals surface area contributed by atoms with Crippen LogP contribution in [0.4, 0.5) is 0 Å². The number of rotatable bonds is 5. The molecule has 0 radical (unpaired) electrons. The van der Waals surface area contributed by atoms with E-state index < -0.39 is 0 Å². The molecule has 0 amide bonds. The van der Waals surface area contributed by atoms with Gasteiger partial charge in [0.25, 0.3) is 5.56 Å². The number of fused-ring (bicyclic) bond motifs is 3. The number of hydrogen-bond acceptors (Lipinski definition) is 4. The van der Waals surface area contributed by atoms with E-state index in [4.69, 9.17) is 0 Å². The fourth-order valence-corrected chi connectivity index (χ4v) is 4.90. The number of thioether (sulfide) groups is 1. The second-order valence-corrected chi connectivity index (χ2v) is 8.46. The van der Waals surface area contributed by atoms with Gasteiger partial charge in [-0.2, -0.15) is 5.26 Å². The van der Waals surface area contributed by atoms with Crippen molar-refractivity contribution in [2.45, 2.75) is 31.5 Å². The Bertz CT molecular complexity index is 1340. The Morgan fingerprint density at radius 3 is 2.76 bits per heavy atom. The smallest absolute Gasteiger partial charge is 0.270 e. The minimum absolute atomic E-state index is 0.0688. The molecule has 0 atom stereocenters. The summed E-state index contributed by atoms with van der Waals surface area (Å²) in [5.74, 6) is 1.68. The van der Waals surface area contributed by atoms with Crippen molar-refractivity contribution >= 4 is 33.6 Å². The monoisotopic (exact) mass is 400 g/mol. The SMILES string of the molecule is CCn1c2ccccc2c2cc(-c3nc(SCC4CC4)[nH]c(=O)c3C#N)ccc21. The second kappa shape index (κ2) is 7.09. The van der Waals surface area contributed by atoms with Gasteiger partial charge in [-0.25, -0.2) is 4.98 Å². The highest BCUT2D eigenvalue weighted by molar-refractivity contribution is 7.99. The van der Waals surface area contributed by atoms with Crippen LogP contribution in [0.2, 0.25) is 0 Å². The molecule has 2 aromatic carbocycles. The van der Waals surface area contributed by atoms with Crippen molar-refractivity contribution in [2.24, 2.45) is 5.92 Å². The van der Waals surface area contributed by atoms with Crippen molar-refractivity contribution < 1.29 is 0 Å². The summed E-state index contributed by atoms with van der Waals surface area (Å²) in [6.07, 6.45) is 2.50. The molecule has 0 unspecified atom stereocenters. The standard InChI is InChI=1S/C23H20N4OS/c1-2-27-19-6-4-3-5-16(19)17-11-15(9-10-20(17)27)21-18(12-24)22(28)26-23(25-21)29-13-14-7-8-14/h3-6,9-11,14H,2,7-8,13H2,1H3,(H,25,26,28). The van der Waals surface area contributed by atoms with Gasteiger partial charge < -0.3 is 9.55 Å². The van der Waals surface area contributed by atoms with Crippen LogP contribution in [0.15, 0.2) is 52.4 Å². The number of aromatic nitrogens is 3. The number of H-pyrrole nitrogens is 1. The Morgan fingerprint density at radius 1 is 1.21 bits per heavy atom. The predicted molar refractivity (Wildman–Crippen MR) is 117 cm³/mol. The van der Waals surface area contributed by atoms with Crippen LogP contribution in [0.25, 0.3) is 33.1 Å². The molecule has 0 saturated heterocycles. The van der Waals surface area contributed by atoms with Crippen LogP contribution < -0.4 is 5.56 Å². The molecule has 2 heterocycles. The maximum absolute atomic E-state index is 12.5. The molecular formula is C23H20N4OS. The van der Waals surface area contributed by atoms with Gasteiger partial charge >= 0.3 is 0 Å². The molecule has 5 nitrogen and oxygen atoms in total. The van der Waals surface area contributed by atoms with Gasteiger partial charge in [-0.15, -0.1) is 0 Å². The third-order valence-corrected chi connectivity index (χ3v) is 6.63. The number of nitriles is 1. The van der Waals surface area contributed by atoms with Crippen LogP contribution in [0, 0.1) is 17.2 Å². The van der Waals surface area contributed by atoms with Crippen LogP contribution >= 0.6 is 11.8 Å². The van der Waals surface area contributed by atoms with Crippen LogP contribution in [-0.2, 0) is 6.54 Å². The summed E-state index contributed by atoms with van der Waals surface area (Å²) >= 11 is 1.57. The summed E-state index contributed by atoms with van der Waals surface area (Å²) < 4.78 is 2.28. The fourth-order valence-electron chi connectivity index (χ4n) is 3.86. The number of nitrogens with zero attached hydrogens (tertiary/aromatic N) is 3. The van der Waals surface area contributed by atoms with Crippen molar-refractivity contribution in [3.8, 4) is 17.3 Å². The average Bonchev–Trinajstić information content (AvgIpc) is 3.52. The lowest BCUT2D eigenvalue weighted by molar-refractivity contribution is 0.827. The Morgan fingerprint density at radius 2 is 2.00 bits per heavy atom. The minimum atomic E-state index is -0.369. The molecular weight excluding hydrogens is 380 g/mol. The molecule has 2 aromatic heterocycles. The van der Waals surface area contributed by atoms with Crippen molar-refractivity contribution in [2.75, 3.05) is 5.75 Å². The molecule has 1 aliphatic rings. The summed E-state index contributed by atoms with van der Waals surface area (Å²) in [6, 6.07) is 16.4. The molecule has 29 heavy (non-hydrogen) atoms. The van der Waals surface area contributed by atoms with E-state index in [1.54, 1.807) is 11.8 Å². The van der Waals surface area contributed by atoms with Gasteiger partial charge in [-0.1, -0.05) is 36.0 Å². The molecule has 5 rings (SSSR count). The molecule has 144 valence electrons. The number of hydrogen-bond donors (Lipinski definition) is 1. The highest BCUT2D eigenvalue weighted by Crippen LogP contribution is 2.35. The third-order valence-electron chi connectivity index (χ3n) is 5.52. The number of aryl methyl sites for hydroxylation is 1. The Hall–Kier alpha value is -3.04. The first-order valence-electron chi connectivity index (χ1n) is 9.88. The molecule has 1 saturated carbocycles. The topological polar surface area (TPSA) is 74.5 Å². The highest BCUT2D eigenvalue weighted by Gasteiger charge is 2.22. The molecule has 1 N–H and O–H groups in total. The lowest BCUT2D eigenvalue weighted by Gasteiger charge is -2.07. The largest absolute Gasteiger partial charge is 0.341 e. The highest BCUT2D eigenvalue weighted by atomic mass is 32.2. The number of aromatic amines is 1. The zero-order chi connectivity index (χ0) is 20.0. The van der Waals surface area contributed by atoms with Gasteiger partial charge in [-0.3, -0.25) is 4.79 Å². The number of para-hydroxylation sites is 1. The normalized spacial score (nSPS) is 13.8. The Kier molecular flexibility index (Phi) is 4.40. The van der Waals surface area contributed by atoms with E-state index in [9.17, 15) is 10.1 Å². The summed E-state index contributed by atoms with van der Waals surface area (Å²) in [4.78, 5) is 20.0. The number of nitrogens with one attached hydrogen (secondary N) is 1. The van der Waals surface area contributed by atoms with E-state index in [0.717, 1.165) is 40.1 Å². The first kappa shape index (κ1) is 18.0. The molecule has 0 spiro atoms. The molecule has 1 aliphatic carbocycles. The average molecular weight is 401 g/mol. The first-order valence-corrected chi connectivity index (χ1v) is 10.9. The van der Waals surface area contributed by atoms with Gasteiger partial charge in [0.1, 0.15) is 11.6 Å². The molecule has 1 fully saturated rings. The van der Waals surface area contributed by atoms with E-state index in [-0.39, 0.29) is 11.1 Å². The zero-order valence-corrected chi connectivity index (χ0v) is 16.9. The van der Waals surface area contributed by atoms with E-state index in [1.807, 2.05) is 24.3 Å². The number of benzene rings is 2. The Labute approximate surface area is 172 Å². The van der Waals surface area contributed by atoms with Crippen LogP contribution in [0.5, 0.6) is 0 Å². The maximum Gasteiger partial charge on any atom is 0.270 e.